The fourth-order valence-corrected chi connectivity index (χ4v) is 3.73. The summed E-state index contributed by atoms with van der Waals surface area (Å²) < 4.78 is 2.25. The van der Waals surface area contributed by atoms with Gasteiger partial charge in [0, 0.05) is 31.4 Å². The second-order valence-corrected chi connectivity index (χ2v) is 6.98. The zero-order valence-corrected chi connectivity index (χ0v) is 12.9. The molecule has 1 saturated carbocycles. The lowest BCUT2D eigenvalue weighted by Crippen LogP contribution is -2.44. The Morgan fingerprint density at radius 1 is 1.42 bits per heavy atom. The smallest absolute Gasteiger partial charge is 0.109 e. The number of imidazole rings is 1. The van der Waals surface area contributed by atoms with Crippen molar-refractivity contribution in [3.05, 3.63) is 18.2 Å². The van der Waals surface area contributed by atoms with Crippen LogP contribution in [0, 0.1) is 17.3 Å². The van der Waals surface area contributed by atoms with Crippen LogP contribution in [0.1, 0.15) is 52.8 Å². The van der Waals surface area contributed by atoms with E-state index in [4.69, 9.17) is 5.73 Å². The van der Waals surface area contributed by atoms with E-state index in [2.05, 4.69) is 43.4 Å². The van der Waals surface area contributed by atoms with E-state index in [1.54, 1.807) is 0 Å². The van der Waals surface area contributed by atoms with Gasteiger partial charge < -0.3 is 10.3 Å². The highest BCUT2D eigenvalue weighted by molar-refractivity contribution is 5.00. The second kappa shape index (κ2) is 5.66. The number of nitrogens with zero attached hydrogens (tertiary/aromatic N) is 2. The zero-order chi connectivity index (χ0) is 14.0. The minimum Gasteiger partial charge on any atom is -0.335 e. The lowest BCUT2D eigenvalue weighted by atomic mass is 9.65. The molecule has 3 unspecified atom stereocenters. The van der Waals surface area contributed by atoms with E-state index < -0.39 is 0 Å². The molecule has 3 heteroatoms. The first kappa shape index (κ1) is 14.6. The molecule has 3 nitrogen and oxygen atoms in total. The maximum absolute atomic E-state index is 6.43. The Labute approximate surface area is 117 Å². The molecule has 19 heavy (non-hydrogen) atoms. The van der Waals surface area contributed by atoms with Crippen molar-refractivity contribution in [2.45, 2.75) is 66.0 Å². The minimum absolute atomic E-state index is 0.234. The Bertz CT molecular complexity index is 408. The standard InChI is InChI=1S/C16H29N3/c1-5-19-9-8-18-15(19)11-16(3,4)13-7-6-12(2)10-14(13)17/h8-9,12-14H,5-7,10-11,17H2,1-4H3. The Morgan fingerprint density at radius 2 is 2.16 bits per heavy atom. The van der Waals surface area contributed by atoms with Crippen molar-refractivity contribution in [3.8, 4) is 0 Å². The van der Waals surface area contributed by atoms with Crippen molar-refractivity contribution in [2.75, 3.05) is 0 Å². The quantitative estimate of drug-likeness (QED) is 0.906. The van der Waals surface area contributed by atoms with Crippen LogP contribution >= 0.6 is 0 Å². The molecule has 1 aliphatic carbocycles. The third-order valence-electron chi connectivity index (χ3n) is 4.92. The highest BCUT2D eigenvalue weighted by Crippen LogP contribution is 2.41. The van der Waals surface area contributed by atoms with Crippen LogP contribution in [-0.4, -0.2) is 15.6 Å². The van der Waals surface area contributed by atoms with Gasteiger partial charge in [0.1, 0.15) is 5.82 Å². The third kappa shape index (κ3) is 3.19. The number of aromatic nitrogens is 2. The van der Waals surface area contributed by atoms with Crippen molar-refractivity contribution < 1.29 is 0 Å². The first-order chi connectivity index (χ1) is 8.94. The SMILES string of the molecule is CCn1ccnc1CC(C)(C)C1CCC(C)CC1N. The van der Waals surface area contributed by atoms with Gasteiger partial charge in [-0.1, -0.05) is 27.2 Å². The zero-order valence-electron chi connectivity index (χ0n) is 12.9. The lowest BCUT2D eigenvalue weighted by molar-refractivity contribution is 0.110. The monoisotopic (exact) mass is 263 g/mol. The van der Waals surface area contributed by atoms with Crippen molar-refractivity contribution >= 4 is 0 Å². The predicted molar refractivity (Wildman–Crippen MR) is 79.9 cm³/mol. The molecular formula is C16H29N3. The molecule has 1 aromatic heterocycles. The van der Waals surface area contributed by atoms with E-state index in [9.17, 15) is 0 Å². The van der Waals surface area contributed by atoms with Crippen molar-refractivity contribution in [3.63, 3.8) is 0 Å². The molecule has 0 aromatic carbocycles. The maximum atomic E-state index is 6.43. The molecule has 0 saturated heterocycles. The van der Waals surface area contributed by atoms with Crippen LogP contribution < -0.4 is 5.73 Å². The summed E-state index contributed by atoms with van der Waals surface area (Å²) >= 11 is 0. The van der Waals surface area contributed by atoms with Gasteiger partial charge in [-0.05, 0) is 37.0 Å². The van der Waals surface area contributed by atoms with Gasteiger partial charge in [-0.2, -0.15) is 0 Å². The average molecular weight is 263 g/mol. The fraction of sp³-hybridized carbons (Fsp3) is 0.812. The van der Waals surface area contributed by atoms with E-state index in [-0.39, 0.29) is 5.41 Å². The van der Waals surface area contributed by atoms with Gasteiger partial charge in [0.05, 0.1) is 0 Å². The molecule has 0 radical (unpaired) electrons. The first-order valence-electron chi connectivity index (χ1n) is 7.69. The molecule has 0 bridgehead atoms. The van der Waals surface area contributed by atoms with E-state index in [1.807, 2.05) is 6.20 Å². The van der Waals surface area contributed by atoms with Crippen molar-refractivity contribution in [1.29, 1.82) is 0 Å². The van der Waals surface area contributed by atoms with Crippen LogP contribution in [0.2, 0.25) is 0 Å². The van der Waals surface area contributed by atoms with Crippen LogP contribution in [0.3, 0.4) is 0 Å². The van der Waals surface area contributed by atoms with Gasteiger partial charge in [0.25, 0.3) is 0 Å². The number of aryl methyl sites for hydroxylation is 1. The van der Waals surface area contributed by atoms with Crippen LogP contribution in [-0.2, 0) is 13.0 Å². The van der Waals surface area contributed by atoms with Crippen LogP contribution in [0.15, 0.2) is 12.4 Å². The van der Waals surface area contributed by atoms with Gasteiger partial charge in [-0.25, -0.2) is 4.98 Å². The highest BCUT2D eigenvalue weighted by atomic mass is 15.1. The molecule has 2 rings (SSSR count). The molecule has 0 aliphatic heterocycles. The Morgan fingerprint density at radius 3 is 2.79 bits per heavy atom. The molecule has 1 heterocycles. The number of hydrogen-bond acceptors (Lipinski definition) is 2. The largest absolute Gasteiger partial charge is 0.335 e. The fourth-order valence-electron chi connectivity index (χ4n) is 3.73. The number of rotatable bonds is 4. The van der Waals surface area contributed by atoms with Crippen molar-refractivity contribution in [2.24, 2.45) is 23.0 Å². The molecule has 108 valence electrons. The molecule has 0 amide bonds. The second-order valence-electron chi connectivity index (χ2n) is 6.98. The van der Waals surface area contributed by atoms with E-state index in [0.29, 0.717) is 12.0 Å². The maximum Gasteiger partial charge on any atom is 0.109 e. The summed E-state index contributed by atoms with van der Waals surface area (Å²) in [5.74, 6) is 2.61. The van der Waals surface area contributed by atoms with Gasteiger partial charge in [-0.15, -0.1) is 0 Å². The van der Waals surface area contributed by atoms with E-state index >= 15 is 0 Å². The molecule has 1 fully saturated rings. The van der Waals surface area contributed by atoms with Crippen LogP contribution in [0.4, 0.5) is 0 Å². The van der Waals surface area contributed by atoms with E-state index in [1.165, 1.54) is 25.1 Å². The molecule has 1 aliphatic rings. The predicted octanol–water partition coefficient (Wildman–Crippen LogP) is 3.24. The summed E-state index contributed by atoms with van der Waals surface area (Å²) in [6.07, 6.45) is 8.79. The minimum atomic E-state index is 0.234. The molecular weight excluding hydrogens is 234 g/mol. The summed E-state index contributed by atoms with van der Waals surface area (Å²) in [6.45, 7) is 10.2. The molecule has 1 aromatic rings. The summed E-state index contributed by atoms with van der Waals surface area (Å²) in [7, 11) is 0. The summed E-state index contributed by atoms with van der Waals surface area (Å²) in [5.41, 5.74) is 6.66. The Balaban J connectivity index is 2.09. The molecule has 0 spiro atoms. The lowest BCUT2D eigenvalue weighted by Gasteiger charge is -2.42. The van der Waals surface area contributed by atoms with Gasteiger partial charge >= 0.3 is 0 Å². The summed E-state index contributed by atoms with van der Waals surface area (Å²) in [4.78, 5) is 4.53. The topological polar surface area (TPSA) is 43.8 Å². The van der Waals surface area contributed by atoms with Crippen LogP contribution in [0.25, 0.3) is 0 Å². The Kier molecular flexibility index (Phi) is 4.34. The summed E-state index contributed by atoms with van der Waals surface area (Å²) in [6, 6.07) is 0.351. The summed E-state index contributed by atoms with van der Waals surface area (Å²) in [5, 5.41) is 0. The van der Waals surface area contributed by atoms with Crippen LogP contribution in [0.5, 0.6) is 0 Å². The third-order valence-corrected chi connectivity index (χ3v) is 4.92. The van der Waals surface area contributed by atoms with Gasteiger partial charge in [0.2, 0.25) is 0 Å². The number of hydrogen-bond donors (Lipinski definition) is 1. The van der Waals surface area contributed by atoms with Gasteiger partial charge in [0.15, 0.2) is 0 Å². The first-order valence-corrected chi connectivity index (χ1v) is 7.69. The highest BCUT2D eigenvalue weighted by Gasteiger charge is 2.37. The molecule has 2 N–H and O–H groups in total. The molecule has 3 atom stereocenters. The number of nitrogens with two attached hydrogens (primary N) is 1. The van der Waals surface area contributed by atoms with E-state index in [0.717, 1.165) is 18.9 Å². The van der Waals surface area contributed by atoms with Crippen molar-refractivity contribution in [1.82, 2.24) is 9.55 Å². The van der Waals surface area contributed by atoms with Gasteiger partial charge in [-0.3, -0.25) is 0 Å². The average Bonchev–Trinajstić information content (AvgIpc) is 2.74. The normalized spacial score (nSPS) is 28.6. The Hall–Kier alpha value is -0.830.